The second kappa shape index (κ2) is 6.82. The van der Waals surface area contributed by atoms with Gasteiger partial charge in [-0.2, -0.15) is 0 Å². The molecule has 1 fully saturated rings. The number of nitrogens with two attached hydrogens (primary N) is 1. The first-order chi connectivity index (χ1) is 6.83. The van der Waals surface area contributed by atoms with Crippen molar-refractivity contribution in [3.05, 3.63) is 6.54 Å². The van der Waals surface area contributed by atoms with E-state index < -0.39 is 0 Å². The van der Waals surface area contributed by atoms with Crippen LogP contribution >= 0.6 is 0 Å². The van der Waals surface area contributed by atoms with Crippen LogP contribution in [0.15, 0.2) is 0 Å². The van der Waals surface area contributed by atoms with Gasteiger partial charge in [-0.25, -0.2) is 0 Å². The van der Waals surface area contributed by atoms with Crippen molar-refractivity contribution < 1.29 is 4.79 Å². The normalized spacial score (nSPS) is 18.1. The van der Waals surface area contributed by atoms with E-state index in [4.69, 9.17) is 5.73 Å². The Labute approximate surface area is 86.4 Å². The van der Waals surface area contributed by atoms with Gasteiger partial charge in [-0.3, -0.25) is 4.79 Å². The van der Waals surface area contributed by atoms with Crippen LogP contribution in [0.1, 0.15) is 44.9 Å². The zero-order chi connectivity index (χ0) is 10.2. The molecule has 0 aliphatic heterocycles. The third kappa shape index (κ3) is 4.61. The smallest absolute Gasteiger partial charge is 0.220 e. The summed E-state index contributed by atoms with van der Waals surface area (Å²) in [6, 6.07) is 0. The van der Waals surface area contributed by atoms with Gasteiger partial charge in [0.25, 0.3) is 0 Å². The maximum atomic E-state index is 11.2. The summed E-state index contributed by atoms with van der Waals surface area (Å²) >= 11 is 0. The van der Waals surface area contributed by atoms with Crippen molar-refractivity contribution in [1.82, 2.24) is 5.32 Å². The van der Waals surface area contributed by atoms with E-state index in [1.807, 2.05) is 6.54 Å². The Hall–Kier alpha value is -0.570. The number of hydrogen-bond donors (Lipinski definition) is 2. The van der Waals surface area contributed by atoms with Gasteiger partial charge in [0, 0.05) is 6.42 Å². The van der Waals surface area contributed by atoms with E-state index >= 15 is 0 Å². The molecule has 0 unspecified atom stereocenters. The molecule has 1 rings (SSSR count). The molecular weight excluding hydrogens is 176 g/mol. The van der Waals surface area contributed by atoms with E-state index in [1.54, 1.807) is 0 Å². The molecule has 1 saturated carbocycles. The highest BCUT2D eigenvalue weighted by Crippen LogP contribution is 2.24. The van der Waals surface area contributed by atoms with E-state index in [0.717, 1.165) is 6.42 Å². The molecule has 3 nitrogen and oxygen atoms in total. The fourth-order valence-electron chi connectivity index (χ4n) is 1.85. The molecule has 81 valence electrons. The Kier molecular flexibility index (Phi) is 5.60. The van der Waals surface area contributed by atoms with E-state index in [9.17, 15) is 4.79 Å². The summed E-state index contributed by atoms with van der Waals surface area (Å²) in [5.41, 5.74) is 5.33. The summed E-state index contributed by atoms with van der Waals surface area (Å²) in [4.78, 5) is 11.2. The standard InChI is InChI=1S/C11H21N2O/c12-8-4-7-11(14)13-9-10-5-2-1-3-6-10/h9-10H,1-8,12H2,(H,13,14). The zero-order valence-electron chi connectivity index (χ0n) is 8.80. The Balaban J connectivity index is 2.03. The topological polar surface area (TPSA) is 55.1 Å². The van der Waals surface area contributed by atoms with Crippen molar-refractivity contribution in [2.45, 2.75) is 44.9 Å². The van der Waals surface area contributed by atoms with Gasteiger partial charge in [-0.05, 0) is 31.7 Å². The van der Waals surface area contributed by atoms with E-state index in [2.05, 4.69) is 5.32 Å². The second-order valence-corrected chi connectivity index (χ2v) is 4.02. The quantitative estimate of drug-likeness (QED) is 0.703. The molecule has 1 aliphatic carbocycles. The van der Waals surface area contributed by atoms with Gasteiger partial charge in [0.2, 0.25) is 5.91 Å². The minimum absolute atomic E-state index is 0.112. The summed E-state index contributed by atoms with van der Waals surface area (Å²) in [6.45, 7) is 2.58. The van der Waals surface area contributed by atoms with Crippen molar-refractivity contribution in [3.63, 3.8) is 0 Å². The highest BCUT2D eigenvalue weighted by Gasteiger charge is 2.14. The third-order valence-electron chi connectivity index (χ3n) is 2.74. The summed E-state index contributed by atoms with van der Waals surface area (Å²) in [6.07, 6.45) is 7.77. The van der Waals surface area contributed by atoms with Crippen LogP contribution in [0.4, 0.5) is 0 Å². The van der Waals surface area contributed by atoms with Crippen LogP contribution in [0, 0.1) is 12.5 Å². The minimum Gasteiger partial charge on any atom is -0.351 e. The van der Waals surface area contributed by atoms with Crippen LogP contribution in [0.5, 0.6) is 0 Å². The van der Waals surface area contributed by atoms with Crippen molar-refractivity contribution in [2.75, 3.05) is 6.54 Å². The van der Waals surface area contributed by atoms with Gasteiger partial charge in [-0.15, -0.1) is 0 Å². The first-order valence-corrected chi connectivity index (χ1v) is 5.65. The van der Waals surface area contributed by atoms with Gasteiger partial charge in [0.15, 0.2) is 0 Å². The first kappa shape index (κ1) is 11.5. The maximum absolute atomic E-state index is 11.2. The molecule has 0 atom stereocenters. The third-order valence-corrected chi connectivity index (χ3v) is 2.74. The van der Waals surface area contributed by atoms with Crippen LogP contribution < -0.4 is 11.1 Å². The number of carbonyl (C=O) groups is 1. The lowest BCUT2D eigenvalue weighted by Gasteiger charge is -2.21. The van der Waals surface area contributed by atoms with Gasteiger partial charge in [0.05, 0.1) is 6.54 Å². The van der Waals surface area contributed by atoms with Crippen molar-refractivity contribution in [2.24, 2.45) is 11.7 Å². The van der Waals surface area contributed by atoms with E-state index in [1.165, 1.54) is 32.1 Å². The van der Waals surface area contributed by atoms with Crippen molar-refractivity contribution in [3.8, 4) is 0 Å². The monoisotopic (exact) mass is 197 g/mol. The summed E-state index contributed by atoms with van der Waals surface area (Å²) < 4.78 is 0. The number of nitrogens with one attached hydrogen (secondary N) is 1. The number of amides is 1. The SMILES string of the molecule is NCCCC(=O)N[CH]C1CCCCC1. The van der Waals surface area contributed by atoms with E-state index in [0.29, 0.717) is 18.9 Å². The van der Waals surface area contributed by atoms with Gasteiger partial charge in [-0.1, -0.05) is 19.3 Å². The number of hydrogen-bond acceptors (Lipinski definition) is 2. The molecule has 0 bridgehead atoms. The molecule has 1 radical (unpaired) electrons. The lowest BCUT2D eigenvalue weighted by Crippen LogP contribution is -2.25. The highest BCUT2D eigenvalue weighted by molar-refractivity contribution is 5.76. The average Bonchev–Trinajstić information content (AvgIpc) is 2.25. The molecule has 0 aromatic rings. The molecular formula is C11H21N2O. The molecule has 14 heavy (non-hydrogen) atoms. The van der Waals surface area contributed by atoms with Crippen molar-refractivity contribution in [1.29, 1.82) is 0 Å². The Morgan fingerprint density at radius 1 is 1.36 bits per heavy atom. The molecule has 1 aliphatic rings. The molecule has 0 saturated heterocycles. The summed E-state index contributed by atoms with van der Waals surface area (Å²) in [5.74, 6) is 0.714. The van der Waals surface area contributed by atoms with Crippen LogP contribution in [0.25, 0.3) is 0 Å². The molecule has 3 heteroatoms. The lowest BCUT2D eigenvalue weighted by atomic mass is 9.89. The predicted octanol–water partition coefficient (Wildman–Crippen LogP) is 1.58. The summed E-state index contributed by atoms with van der Waals surface area (Å²) in [7, 11) is 0. The molecule has 0 spiro atoms. The van der Waals surface area contributed by atoms with Gasteiger partial charge in [0.1, 0.15) is 0 Å². The van der Waals surface area contributed by atoms with Crippen LogP contribution in [0.2, 0.25) is 0 Å². The number of rotatable bonds is 5. The largest absolute Gasteiger partial charge is 0.351 e. The highest BCUT2D eigenvalue weighted by atomic mass is 16.1. The molecule has 0 heterocycles. The zero-order valence-corrected chi connectivity index (χ0v) is 8.80. The molecule has 1 amide bonds. The van der Waals surface area contributed by atoms with Gasteiger partial charge < -0.3 is 11.1 Å². The molecule has 3 N–H and O–H groups in total. The second-order valence-electron chi connectivity index (χ2n) is 4.02. The first-order valence-electron chi connectivity index (χ1n) is 5.65. The lowest BCUT2D eigenvalue weighted by molar-refractivity contribution is -0.120. The van der Waals surface area contributed by atoms with Crippen molar-refractivity contribution >= 4 is 5.91 Å². The van der Waals surface area contributed by atoms with Crippen LogP contribution in [-0.2, 0) is 4.79 Å². The Morgan fingerprint density at radius 3 is 2.71 bits per heavy atom. The summed E-state index contributed by atoms with van der Waals surface area (Å²) in [5, 5.41) is 2.87. The number of carbonyl (C=O) groups excluding carboxylic acids is 1. The van der Waals surface area contributed by atoms with Crippen LogP contribution in [-0.4, -0.2) is 12.5 Å². The maximum Gasteiger partial charge on any atom is 0.220 e. The fraction of sp³-hybridized carbons (Fsp3) is 0.818. The Bertz CT molecular complexity index is 165. The average molecular weight is 197 g/mol. The van der Waals surface area contributed by atoms with E-state index in [-0.39, 0.29) is 5.91 Å². The molecule has 0 aromatic carbocycles. The van der Waals surface area contributed by atoms with Gasteiger partial charge >= 0.3 is 0 Å². The fourth-order valence-corrected chi connectivity index (χ4v) is 1.85. The predicted molar refractivity (Wildman–Crippen MR) is 57.3 cm³/mol. The Morgan fingerprint density at radius 2 is 2.07 bits per heavy atom. The van der Waals surface area contributed by atoms with Crippen LogP contribution in [0.3, 0.4) is 0 Å². The molecule has 0 aromatic heterocycles. The minimum atomic E-state index is 0.112.